The number of thiophene rings is 1. The third kappa shape index (κ3) is 3.59. The Morgan fingerprint density at radius 1 is 1.14 bits per heavy atom. The maximum absolute atomic E-state index is 12.9. The molecule has 0 radical (unpaired) electrons. The van der Waals surface area contributed by atoms with Gasteiger partial charge in [-0.1, -0.05) is 5.16 Å². The molecule has 8 nitrogen and oxygen atoms in total. The number of pyridine rings is 1. The van der Waals surface area contributed by atoms with Crippen LogP contribution in [-0.2, 0) is 10.0 Å². The predicted octanol–water partition coefficient (Wildman–Crippen LogP) is 3.52. The lowest BCUT2D eigenvalue weighted by molar-refractivity contribution is 0.104. The molecule has 148 valence electrons. The lowest BCUT2D eigenvalue weighted by Crippen LogP contribution is -2.13. The Kier molecular flexibility index (Phi) is 4.59. The van der Waals surface area contributed by atoms with Gasteiger partial charge in [0, 0.05) is 22.7 Å². The minimum atomic E-state index is -3.86. The number of fused-ring (bicyclic) bond motifs is 1. The first-order valence-corrected chi connectivity index (χ1v) is 10.8. The Hall–Kier alpha value is -3.24. The van der Waals surface area contributed by atoms with E-state index < -0.39 is 10.0 Å². The van der Waals surface area contributed by atoms with E-state index in [0.717, 1.165) is 11.1 Å². The van der Waals surface area contributed by atoms with Crippen molar-refractivity contribution in [3.8, 4) is 0 Å². The molecule has 0 bridgehead atoms. The molecule has 3 heterocycles. The summed E-state index contributed by atoms with van der Waals surface area (Å²) in [6.45, 7) is 3.52. The van der Waals surface area contributed by atoms with E-state index in [4.69, 9.17) is 10.3 Å². The normalized spacial score (nSPS) is 11.7. The van der Waals surface area contributed by atoms with Crippen molar-refractivity contribution in [2.45, 2.75) is 18.7 Å². The van der Waals surface area contributed by atoms with Gasteiger partial charge in [0.2, 0.25) is 5.78 Å². The fourth-order valence-electron chi connectivity index (χ4n) is 2.79. The summed E-state index contributed by atoms with van der Waals surface area (Å²) in [6, 6.07) is 10.8. The van der Waals surface area contributed by atoms with Crippen molar-refractivity contribution in [2.24, 2.45) is 0 Å². The summed E-state index contributed by atoms with van der Waals surface area (Å²) in [4.78, 5) is 18.4. The molecule has 0 amide bonds. The zero-order valence-electron chi connectivity index (χ0n) is 15.5. The summed E-state index contributed by atoms with van der Waals surface area (Å²) in [5.74, 6) is 0.282. The second kappa shape index (κ2) is 6.98. The van der Waals surface area contributed by atoms with Crippen molar-refractivity contribution in [1.82, 2.24) is 10.1 Å². The van der Waals surface area contributed by atoms with Crippen LogP contribution in [0.15, 0.2) is 51.9 Å². The summed E-state index contributed by atoms with van der Waals surface area (Å²) >= 11 is 1.22. The average Bonchev–Trinajstić information content (AvgIpc) is 3.23. The van der Waals surface area contributed by atoms with Gasteiger partial charge in [-0.05, 0) is 50.2 Å². The quantitative estimate of drug-likeness (QED) is 0.465. The van der Waals surface area contributed by atoms with E-state index in [1.165, 1.54) is 41.7 Å². The van der Waals surface area contributed by atoms with Crippen molar-refractivity contribution in [2.75, 3.05) is 10.5 Å². The number of nitrogens with one attached hydrogen (secondary N) is 1. The molecule has 0 aliphatic rings. The molecular formula is C19H16N4O4S2. The number of aromatic nitrogens is 2. The number of nitrogens with two attached hydrogens (primary N) is 1. The van der Waals surface area contributed by atoms with Crippen molar-refractivity contribution < 1.29 is 17.7 Å². The molecule has 4 rings (SSSR count). The van der Waals surface area contributed by atoms with E-state index in [2.05, 4.69) is 14.9 Å². The van der Waals surface area contributed by atoms with Crippen LogP contribution in [0.2, 0.25) is 0 Å². The molecule has 0 fully saturated rings. The van der Waals surface area contributed by atoms with E-state index in [1.807, 2.05) is 19.1 Å². The van der Waals surface area contributed by atoms with Gasteiger partial charge in [0.15, 0.2) is 5.82 Å². The molecular weight excluding hydrogens is 412 g/mol. The fraction of sp³-hybridized carbons (Fsp3) is 0.105. The second-order valence-corrected chi connectivity index (χ2v) is 9.11. The van der Waals surface area contributed by atoms with Gasteiger partial charge in [-0.15, -0.1) is 11.3 Å². The molecule has 1 aromatic carbocycles. The third-order valence-corrected chi connectivity index (χ3v) is 6.72. The van der Waals surface area contributed by atoms with E-state index in [-0.39, 0.29) is 16.5 Å². The predicted molar refractivity (Wildman–Crippen MR) is 111 cm³/mol. The molecule has 4 aromatic rings. The molecule has 0 unspecified atom stereocenters. The van der Waals surface area contributed by atoms with Crippen LogP contribution in [0.1, 0.15) is 26.7 Å². The molecule has 29 heavy (non-hydrogen) atoms. The Morgan fingerprint density at radius 2 is 1.86 bits per heavy atom. The zero-order chi connectivity index (χ0) is 20.8. The fourth-order valence-corrected chi connectivity index (χ4v) is 4.87. The molecule has 10 heteroatoms. The van der Waals surface area contributed by atoms with Crippen LogP contribution in [0, 0.1) is 13.8 Å². The molecule has 0 aliphatic carbocycles. The molecule has 0 atom stereocenters. The smallest absolute Gasteiger partial charge is 0.263 e. The number of carbonyl (C=O) groups is 1. The van der Waals surface area contributed by atoms with Crippen LogP contribution in [0.4, 0.5) is 11.5 Å². The summed E-state index contributed by atoms with van der Waals surface area (Å²) in [6.07, 6.45) is 0. The number of rotatable bonds is 5. The van der Waals surface area contributed by atoms with Gasteiger partial charge in [0.25, 0.3) is 10.0 Å². The number of ketones is 1. The van der Waals surface area contributed by atoms with Gasteiger partial charge in [0.1, 0.15) is 15.5 Å². The minimum Gasteiger partial charge on any atom is -0.397 e. The SMILES string of the molecule is Cc1ccc2c(N)c(C(=O)c3ccc(S(=O)(=O)Nc4cc(C)on4)cc3)sc2n1. The maximum Gasteiger partial charge on any atom is 0.263 e. The lowest BCUT2D eigenvalue weighted by atomic mass is 10.1. The maximum atomic E-state index is 12.9. The number of benzene rings is 1. The van der Waals surface area contributed by atoms with Crippen LogP contribution in [0.25, 0.3) is 10.2 Å². The molecule has 0 saturated carbocycles. The molecule has 0 spiro atoms. The van der Waals surface area contributed by atoms with Crippen molar-refractivity contribution >= 4 is 48.9 Å². The summed E-state index contributed by atoms with van der Waals surface area (Å²) in [5.41, 5.74) is 7.68. The Morgan fingerprint density at radius 3 is 2.52 bits per heavy atom. The van der Waals surface area contributed by atoms with Gasteiger partial charge >= 0.3 is 0 Å². The van der Waals surface area contributed by atoms with E-state index in [0.29, 0.717) is 26.7 Å². The topological polar surface area (TPSA) is 128 Å². The molecule has 0 saturated heterocycles. The van der Waals surface area contributed by atoms with E-state index in [9.17, 15) is 13.2 Å². The van der Waals surface area contributed by atoms with Crippen LogP contribution >= 0.6 is 11.3 Å². The highest BCUT2D eigenvalue weighted by Gasteiger charge is 2.21. The highest BCUT2D eigenvalue weighted by atomic mass is 32.2. The van der Waals surface area contributed by atoms with Crippen LogP contribution in [-0.4, -0.2) is 24.3 Å². The van der Waals surface area contributed by atoms with E-state index in [1.54, 1.807) is 6.92 Å². The Balaban J connectivity index is 1.62. The van der Waals surface area contributed by atoms with Gasteiger partial charge in [0.05, 0.1) is 10.6 Å². The largest absolute Gasteiger partial charge is 0.397 e. The minimum absolute atomic E-state index is 0.00342. The van der Waals surface area contributed by atoms with Gasteiger partial charge < -0.3 is 10.3 Å². The van der Waals surface area contributed by atoms with E-state index >= 15 is 0 Å². The standard InChI is InChI=1S/C19H16N4O4S2/c1-10-3-8-14-16(20)18(28-19(14)21-10)17(24)12-4-6-13(7-5-12)29(25,26)23-15-9-11(2)27-22-15/h3-9H,20H2,1-2H3,(H,22,23). The van der Waals surface area contributed by atoms with Crippen molar-refractivity contribution in [1.29, 1.82) is 0 Å². The summed E-state index contributed by atoms with van der Waals surface area (Å²) < 4.78 is 32.1. The molecule has 3 aromatic heterocycles. The van der Waals surface area contributed by atoms with Crippen LogP contribution in [0.5, 0.6) is 0 Å². The monoisotopic (exact) mass is 428 g/mol. The lowest BCUT2D eigenvalue weighted by Gasteiger charge is -2.06. The van der Waals surface area contributed by atoms with Gasteiger partial charge in [-0.3, -0.25) is 9.52 Å². The number of aryl methyl sites for hydroxylation is 2. The highest BCUT2D eigenvalue weighted by Crippen LogP contribution is 2.34. The number of sulfonamides is 1. The summed E-state index contributed by atoms with van der Waals surface area (Å²) in [7, 11) is -3.86. The number of hydrogen-bond donors (Lipinski definition) is 2. The van der Waals surface area contributed by atoms with Gasteiger partial charge in [-0.25, -0.2) is 13.4 Å². The third-order valence-electron chi connectivity index (χ3n) is 4.23. The second-order valence-electron chi connectivity index (χ2n) is 6.43. The molecule has 3 N–H and O–H groups in total. The van der Waals surface area contributed by atoms with Crippen molar-refractivity contribution in [3.63, 3.8) is 0 Å². The first-order chi connectivity index (χ1) is 13.7. The first-order valence-electron chi connectivity index (χ1n) is 8.51. The number of carbonyl (C=O) groups excluding carboxylic acids is 1. The highest BCUT2D eigenvalue weighted by molar-refractivity contribution is 7.92. The zero-order valence-corrected chi connectivity index (χ0v) is 17.1. The number of anilines is 2. The van der Waals surface area contributed by atoms with Crippen LogP contribution < -0.4 is 10.5 Å². The van der Waals surface area contributed by atoms with Crippen LogP contribution in [0.3, 0.4) is 0 Å². The number of hydrogen-bond acceptors (Lipinski definition) is 8. The first kappa shape index (κ1) is 19.1. The Bertz CT molecular complexity index is 1340. The van der Waals surface area contributed by atoms with Gasteiger partial charge in [-0.2, -0.15) is 0 Å². The number of nitrogen functional groups attached to an aromatic ring is 1. The van der Waals surface area contributed by atoms with Crippen molar-refractivity contribution in [3.05, 3.63) is 64.4 Å². The molecule has 0 aliphatic heterocycles. The average molecular weight is 428 g/mol. The Labute approximate surface area is 170 Å². The summed E-state index contributed by atoms with van der Waals surface area (Å²) in [5, 5.41) is 4.34. The number of nitrogens with zero attached hydrogens (tertiary/aromatic N) is 2.